The quantitative estimate of drug-likeness (QED) is 0.891. The highest BCUT2D eigenvalue weighted by molar-refractivity contribution is 5.67. The van der Waals surface area contributed by atoms with E-state index in [-0.39, 0.29) is 6.09 Å². The van der Waals surface area contributed by atoms with Gasteiger partial charge in [0.05, 0.1) is 6.61 Å². The van der Waals surface area contributed by atoms with E-state index in [2.05, 4.69) is 5.32 Å². The van der Waals surface area contributed by atoms with Gasteiger partial charge in [0, 0.05) is 13.2 Å². The van der Waals surface area contributed by atoms with E-state index in [4.69, 9.17) is 9.47 Å². The van der Waals surface area contributed by atoms with Crippen LogP contribution < -0.4 is 5.32 Å². The molecule has 1 aliphatic rings. The minimum Gasteiger partial charge on any atom is -0.445 e. The number of ether oxygens (including phenoxy) is 2. The molecule has 1 amide bonds. The van der Waals surface area contributed by atoms with Crippen LogP contribution in [0.1, 0.15) is 18.4 Å². The molecule has 0 spiro atoms. The molecule has 2 rings (SSSR count). The number of alkyl carbamates (subject to hydrolysis) is 1. The van der Waals surface area contributed by atoms with Gasteiger partial charge in [0.1, 0.15) is 6.61 Å². The first-order valence-electron chi connectivity index (χ1n) is 6.37. The maximum absolute atomic E-state index is 11.5. The van der Waals surface area contributed by atoms with E-state index in [0.29, 0.717) is 19.1 Å². The lowest BCUT2D eigenvalue weighted by molar-refractivity contribution is 0.0537. The lowest BCUT2D eigenvalue weighted by Crippen LogP contribution is -2.33. The smallest absolute Gasteiger partial charge is 0.407 e. The van der Waals surface area contributed by atoms with Crippen LogP contribution in [0.3, 0.4) is 0 Å². The van der Waals surface area contributed by atoms with Gasteiger partial charge in [-0.2, -0.15) is 0 Å². The standard InChI is InChI=1S/C14H19NO3/c16-14(15-9-13-7-4-8-17-10-13)18-11-12-5-2-1-3-6-12/h1-3,5-6,13H,4,7-11H2,(H,15,16). The van der Waals surface area contributed by atoms with Gasteiger partial charge in [-0.15, -0.1) is 0 Å². The number of carbonyl (C=O) groups excluding carboxylic acids is 1. The topological polar surface area (TPSA) is 47.6 Å². The summed E-state index contributed by atoms with van der Waals surface area (Å²) in [6.45, 7) is 2.52. The molecule has 1 heterocycles. The van der Waals surface area contributed by atoms with Gasteiger partial charge in [0.15, 0.2) is 0 Å². The second kappa shape index (κ2) is 7.01. The average molecular weight is 249 g/mol. The zero-order valence-electron chi connectivity index (χ0n) is 10.4. The monoisotopic (exact) mass is 249 g/mol. The molecule has 4 nitrogen and oxygen atoms in total. The third kappa shape index (κ3) is 4.37. The third-order valence-corrected chi connectivity index (χ3v) is 3.00. The first kappa shape index (κ1) is 12.9. The summed E-state index contributed by atoms with van der Waals surface area (Å²) in [5.41, 5.74) is 0.994. The lowest BCUT2D eigenvalue weighted by atomic mass is 10.0. The molecule has 0 bridgehead atoms. The lowest BCUT2D eigenvalue weighted by Gasteiger charge is -2.21. The Morgan fingerprint density at radius 2 is 2.22 bits per heavy atom. The predicted octanol–water partition coefficient (Wildman–Crippen LogP) is 2.34. The van der Waals surface area contributed by atoms with Crippen LogP contribution in [-0.2, 0) is 16.1 Å². The van der Waals surface area contributed by atoms with Gasteiger partial charge in [-0.25, -0.2) is 4.79 Å². The van der Waals surface area contributed by atoms with Crippen molar-refractivity contribution in [2.75, 3.05) is 19.8 Å². The van der Waals surface area contributed by atoms with Crippen molar-refractivity contribution in [3.8, 4) is 0 Å². The van der Waals surface area contributed by atoms with Crippen LogP contribution in [0.2, 0.25) is 0 Å². The fourth-order valence-corrected chi connectivity index (χ4v) is 1.97. The molecule has 1 unspecified atom stereocenters. The van der Waals surface area contributed by atoms with Crippen molar-refractivity contribution in [2.24, 2.45) is 5.92 Å². The Kier molecular flexibility index (Phi) is 5.02. The third-order valence-electron chi connectivity index (χ3n) is 3.00. The molecule has 1 aromatic rings. The minimum atomic E-state index is -0.357. The second-order valence-electron chi connectivity index (χ2n) is 4.53. The Hall–Kier alpha value is -1.55. The number of nitrogens with one attached hydrogen (secondary N) is 1. The summed E-state index contributed by atoms with van der Waals surface area (Å²) in [6.07, 6.45) is 1.83. The summed E-state index contributed by atoms with van der Waals surface area (Å²) in [5, 5.41) is 2.78. The van der Waals surface area contributed by atoms with E-state index in [9.17, 15) is 4.79 Å². The van der Waals surface area contributed by atoms with Gasteiger partial charge in [0.2, 0.25) is 0 Å². The molecule has 1 aliphatic heterocycles. The van der Waals surface area contributed by atoms with Crippen LogP contribution >= 0.6 is 0 Å². The van der Waals surface area contributed by atoms with Crippen LogP contribution in [0, 0.1) is 5.92 Å². The maximum atomic E-state index is 11.5. The molecule has 0 aliphatic carbocycles. The second-order valence-corrected chi connectivity index (χ2v) is 4.53. The molecule has 1 N–H and O–H groups in total. The van der Waals surface area contributed by atoms with Crippen LogP contribution in [0.15, 0.2) is 30.3 Å². The van der Waals surface area contributed by atoms with Gasteiger partial charge < -0.3 is 14.8 Å². The number of hydrogen-bond acceptors (Lipinski definition) is 3. The number of hydrogen-bond donors (Lipinski definition) is 1. The first-order chi connectivity index (χ1) is 8.84. The molecule has 1 aromatic carbocycles. The highest BCUT2D eigenvalue weighted by Crippen LogP contribution is 2.12. The summed E-state index contributed by atoms with van der Waals surface area (Å²) in [7, 11) is 0. The Bertz CT molecular complexity index is 361. The van der Waals surface area contributed by atoms with Crippen LogP contribution in [0.5, 0.6) is 0 Å². The van der Waals surface area contributed by atoms with Crippen molar-refractivity contribution in [1.82, 2.24) is 5.32 Å². The zero-order valence-corrected chi connectivity index (χ0v) is 10.4. The van der Waals surface area contributed by atoms with E-state index in [1.807, 2.05) is 30.3 Å². The number of carbonyl (C=O) groups is 1. The van der Waals surface area contributed by atoms with Crippen molar-refractivity contribution in [1.29, 1.82) is 0 Å². The van der Waals surface area contributed by atoms with E-state index in [0.717, 1.165) is 31.6 Å². The van der Waals surface area contributed by atoms with E-state index < -0.39 is 0 Å². The van der Waals surface area contributed by atoms with Gasteiger partial charge >= 0.3 is 6.09 Å². The van der Waals surface area contributed by atoms with Crippen molar-refractivity contribution < 1.29 is 14.3 Å². The molecule has 1 fully saturated rings. The Morgan fingerprint density at radius 3 is 2.94 bits per heavy atom. The van der Waals surface area contributed by atoms with Crippen LogP contribution in [0.25, 0.3) is 0 Å². The van der Waals surface area contributed by atoms with E-state index >= 15 is 0 Å². The van der Waals surface area contributed by atoms with E-state index in [1.165, 1.54) is 0 Å². The largest absolute Gasteiger partial charge is 0.445 e. The van der Waals surface area contributed by atoms with Crippen LogP contribution in [0.4, 0.5) is 4.79 Å². The average Bonchev–Trinajstić information content (AvgIpc) is 2.45. The van der Waals surface area contributed by atoms with Gasteiger partial charge in [-0.1, -0.05) is 30.3 Å². The molecule has 1 saturated heterocycles. The fourth-order valence-electron chi connectivity index (χ4n) is 1.97. The van der Waals surface area contributed by atoms with Gasteiger partial charge in [0.25, 0.3) is 0 Å². The summed E-state index contributed by atoms with van der Waals surface area (Å²) in [4.78, 5) is 11.5. The van der Waals surface area contributed by atoms with Crippen molar-refractivity contribution in [3.05, 3.63) is 35.9 Å². The Labute approximate surface area is 107 Å². The molecule has 0 saturated carbocycles. The number of benzene rings is 1. The molecule has 0 aromatic heterocycles. The molecule has 4 heteroatoms. The maximum Gasteiger partial charge on any atom is 0.407 e. The molecule has 18 heavy (non-hydrogen) atoms. The predicted molar refractivity (Wildman–Crippen MR) is 68.2 cm³/mol. The number of amides is 1. The van der Waals surface area contributed by atoms with Gasteiger partial charge in [-0.05, 0) is 24.3 Å². The summed E-state index contributed by atoms with van der Waals surface area (Å²) >= 11 is 0. The zero-order chi connectivity index (χ0) is 12.6. The SMILES string of the molecule is O=C(NCC1CCCOC1)OCc1ccccc1. The summed E-state index contributed by atoms with van der Waals surface area (Å²) in [6, 6.07) is 9.66. The first-order valence-corrected chi connectivity index (χ1v) is 6.37. The normalized spacial score (nSPS) is 19.2. The Balaban J connectivity index is 1.63. The fraction of sp³-hybridized carbons (Fsp3) is 0.500. The number of rotatable bonds is 4. The highest BCUT2D eigenvalue weighted by atomic mass is 16.5. The van der Waals surface area contributed by atoms with Crippen molar-refractivity contribution in [3.63, 3.8) is 0 Å². The highest BCUT2D eigenvalue weighted by Gasteiger charge is 2.14. The molecule has 0 radical (unpaired) electrons. The molecule has 1 atom stereocenters. The molecular weight excluding hydrogens is 230 g/mol. The van der Waals surface area contributed by atoms with Crippen molar-refractivity contribution >= 4 is 6.09 Å². The Morgan fingerprint density at radius 1 is 1.39 bits per heavy atom. The minimum absolute atomic E-state index is 0.313. The molecule has 98 valence electrons. The summed E-state index contributed by atoms with van der Waals surface area (Å²) < 4.78 is 10.5. The van der Waals surface area contributed by atoms with Crippen molar-refractivity contribution in [2.45, 2.75) is 19.4 Å². The summed E-state index contributed by atoms with van der Waals surface area (Å²) in [5.74, 6) is 0.419. The van der Waals surface area contributed by atoms with E-state index in [1.54, 1.807) is 0 Å². The molecular formula is C14H19NO3. The van der Waals surface area contributed by atoms with Gasteiger partial charge in [-0.3, -0.25) is 0 Å². The van der Waals surface area contributed by atoms with Crippen LogP contribution in [-0.4, -0.2) is 25.9 Å².